The summed E-state index contributed by atoms with van der Waals surface area (Å²) in [6, 6.07) is 0. The first-order valence-electron chi connectivity index (χ1n) is 10.7. The van der Waals surface area contributed by atoms with E-state index in [2.05, 4.69) is 20.5 Å². The van der Waals surface area contributed by atoms with Gasteiger partial charge in [0.1, 0.15) is 0 Å². The summed E-state index contributed by atoms with van der Waals surface area (Å²) in [7, 11) is 1.84. The highest BCUT2D eigenvalue weighted by Crippen LogP contribution is 2.14. The summed E-state index contributed by atoms with van der Waals surface area (Å²) in [4.78, 5) is 6.92. The Hall–Kier alpha value is -0.120. The van der Waals surface area contributed by atoms with Gasteiger partial charge in [-0.15, -0.1) is 24.0 Å². The van der Waals surface area contributed by atoms with Crippen LogP contribution in [0.25, 0.3) is 0 Å². The van der Waals surface area contributed by atoms with Crippen molar-refractivity contribution in [2.45, 2.75) is 51.4 Å². The van der Waals surface area contributed by atoms with Crippen molar-refractivity contribution in [1.29, 1.82) is 0 Å². The largest absolute Gasteiger partial charge is 0.381 e. The normalized spacial score (nSPS) is 20.0. The van der Waals surface area contributed by atoms with E-state index in [9.17, 15) is 0 Å². The molecular weight excluding hydrogens is 455 g/mol. The molecule has 0 spiro atoms. The van der Waals surface area contributed by atoms with Crippen LogP contribution >= 0.6 is 24.0 Å². The van der Waals surface area contributed by atoms with Crippen molar-refractivity contribution in [3.05, 3.63) is 0 Å². The number of halogens is 1. The van der Waals surface area contributed by atoms with Gasteiger partial charge < -0.3 is 25.0 Å². The number of ether oxygens (including phenoxy) is 2. The quantitative estimate of drug-likeness (QED) is 0.211. The summed E-state index contributed by atoms with van der Waals surface area (Å²) in [5, 5.41) is 6.81. The molecule has 0 saturated carbocycles. The molecule has 0 atom stereocenters. The van der Waals surface area contributed by atoms with E-state index in [1.807, 2.05) is 7.05 Å². The van der Waals surface area contributed by atoms with Crippen molar-refractivity contribution in [2.75, 3.05) is 66.2 Å². The minimum atomic E-state index is 0. The molecule has 0 unspecified atom stereocenters. The minimum absolute atomic E-state index is 0. The van der Waals surface area contributed by atoms with Gasteiger partial charge in [0.2, 0.25) is 0 Å². The third kappa shape index (κ3) is 12.1. The van der Waals surface area contributed by atoms with Gasteiger partial charge in [0, 0.05) is 46.6 Å². The van der Waals surface area contributed by atoms with Gasteiger partial charge in [0.25, 0.3) is 0 Å². The van der Waals surface area contributed by atoms with E-state index in [0.29, 0.717) is 5.92 Å². The molecule has 160 valence electrons. The summed E-state index contributed by atoms with van der Waals surface area (Å²) >= 11 is 0. The lowest BCUT2D eigenvalue weighted by molar-refractivity contribution is 0.0203. The Bertz CT molecular complexity index is 371. The number of hydrogen-bond donors (Lipinski definition) is 2. The maximum Gasteiger partial charge on any atom is 0.190 e. The maximum atomic E-state index is 5.80. The fourth-order valence-corrected chi connectivity index (χ4v) is 3.63. The zero-order valence-corrected chi connectivity index (χ0v) is 19.5. The monoisotopic (exact) mass is 496 g/mol. The molecule has 2 N–H and O–H groups in total. The van der Waals surface area contributed by atoms with Crippen LogP contribution in [0.4, 0.5) is 0 Å². The molecule has 6 nitrogen and oxygen atoms in total. The van der Waals surface area contributed by atoms with Crippen LogP contribution < -0.4 is 10.6 Å². The molecule has 2 aliphatic rings. The highest BCUT2D eigenvalue weighted by atomic mass is 127. The van der Waals surface area contributed by atoms with Crippen LogP contribution in [0.3, 0.4) is 0 Å². The van der Waals surface area contributed by atoms with Crippen LogP contribution in [0.2, 0.25) is 0 Å². The van der Waals surface area contributed by atoms with Crippen molar-refractivity contribution in [1.82, 2.24) is 15.5 Å². The van der Waals surface area contributed by atoms with Gasteiger partial charge in [-0.05, 0) is 64.1 Å². The van der Waals surface area contributed by atoms with Crippen molar-refractivity contribution in [3.8, 4) is 0 Å². The summed E-state index contributed by atoms with van der Waals surface area (Å²) in [5.41, 5.74) is 0. The summed E-state index contributed by atoms with van der Waals surface area (Å²) in [5.74, 6) is 1.60. The lowest BCUT2D eigenvalue weighted by Gasteiger charge is -2.21. The predicted molar refractivity (Wildman–Crippen MR) is 123 cm³/mol. The number of nitrogens with zero attached hydrogens (tertiary/aromatic N) is 2. The Kier molecular flexibility index (Phi) is 15.5. The van der Waals surface area contributed by atoms with E-state index in [1.165, 1.54) is 51.7 Å². The first-order valence-corrected chi connectivity index (χ1v) is 10.7. The molecule has 0 amide bonds. The van der Waals surface area contributed by atoms with E-state index in [0.717, 1.165) is 64.7 Å². The fourth-order valence-electron chi connectivity index (χ4n) is 3.63. The molecule has 2 fully saturated rings. The number of nitrogens with one attached hydrogen (secondary N) is 2. The van der Waals surface area contributed by atoms with Crippen LogP contribution in [0, 0.1) is 5.92 Å². The SMILES string of the molecule is CN=C(NCCCOCC1CCOCC1)NCCCN1CCCCCC1.I. The Balaban J connectivity index is 0.00000364. The zero-order valence-electron chi connectivity index (χ0n) is 17.2. The predicted octanol–water partition coefficient (Wildman–Crippen LogP) is 2.87. The van der Waals surface area contributed by atoms with Gasteiger partial charge >= 0.3 is 0 Å². The van der Waals surface area contributed by atoms with E-state index in [-0.39, 0.29) is 24.0 Å². The Morgan fingerprint density at radius 3 is 2.37 bits per heavy atom. The molecule has 2 rings (SSSR count). The molecular formula is C20H41IN4O2. The van der Waals surface area contributed by atoms with Crippen LogP contribution in [-0.2, 0) is 9.47 Å². The standard InChI is InChI=1S/C20H40N4O2.HI/c1-21-20(22-10-6-14-24-12-4-2-3-5-13-24)23-11-7-15-26-18-19-8-16-25-17-9-19;/h19H,2-18H2,1H3,(H2,21,22,23);1H. The average Bonchev–Trinajstić information content (AvgIpc) is 2.96. The minimum Gasteiger partial charge on any atom is -0.381 e. The van der Waals surface area contributed by atoms with E-state index in [1.54, 1.807) is 0 Å². The first-order chi connectivity index (χ1) is 12.9. The summed E-state index contributed by atoms with van der Waals surface area (Å²) < 4.78 is 11.2. The van der Waals surface area contributed by atoms with Gasteiger partial charge in [-0.1, -0.05) is 12.8 Å². The Labute approximate surface area is 183 Å². The van der Waals surface area contributed by atoms with Crippen LogP contribution in [-0.4, -0.2) is 77.1 Å². The number of aliphatic imine (C=N–C) groups is 1. The van der Waals surface area contributed by atoms with Gasteiger partial charge in [0.15, 0.2) is 5.96 Å². The van der Waals surface area contributed by atoms with Crippen LogP contribution in [0.15, 0.2) is 4.99 Å². The molecule has 0 bridgehead atoms. The molecule has 2 heterocycles. The lowest BCUT2D eigenvalue weighted by Crippen LogP contribution is -2.39. The molecule has 0 aromatic rings. The molecule has 2 aliphatic heterocycles. The third-order valence-electron chi connectivity index (χ3n) is 5.32. The smallest absolute Gasteiger partial charge is 0.190 e. The van der Waals surface area contributed by atoms with Crippen molar-refractivity contribution < 1.29 is 9.47 Å². The topological polar surface area (TPSA) is 58.1 Å². The van der Waals surface area contributed by atoms with E-state index in [4.69, 9.17) is 9.47 Å². The van der Waals surface area contributed by atoms with E-state index >= 15 is 0 Å². The fraction of sp³-hybridized carbons (Fsp3) is 0.950. The second-order valence-corrected chi connectivity index (χ2v) is 7.52. The van der Waals surface area contributed by atoms with Crippen molar-refractivity contribution >= 4 is 29.9 Å². The Morgan fingerprint density at radius 2 is 1.70 bits per heavy atom. The van der Waals surface area contributed by atoms with Crippen molar-refractivity contribution in [2.24, 2.45) is 10.9 Å². The second kappa shape index (κ2) is 16.8. The summed E-state index contributed by atoms with van der Waals surface area (Å²) in [6.45, 7) is 9.13. The third-order valence-corrected chi connectivity index (χ3v) is 5.32. The highest BCUT2D eigenvalue weighted by molar-refractivity contribution is 14.0. The van der Waals surface area contributed by atoms with Gasteiger partial charge in [0.05, 0.1) is 0 Å². The second-order valence-electron chi connectivity index (χ2n) is 7.52. The molecule has 0 aromatic heterocycles. The highest BCUT2D eigenvalue weighted by Gasteiger charge is 2.13. The number of guanidine groups is 1. The van der Waals surface area contributed by atoms with E-state index < -0.39 is 0 Å². The maximum absolute atomic E-state index is 5.80. The van der Waals surface area contributed by atoms with Crippen LogP contribution in [0.1, 0.15) is 51.4 Å². The van der Waals surface area contributed by atoms with Crippen LogP contribution in [0.5, 0.6) is 0 Å². The molecule has 0 radical (unpaired) electrons. The number of likely N-dealkylation sites (tertiary alicyclic amines) is 1. The molecule has 0 aromatic carbocycles. The molecule has 27 heavy (non-hydrogen) atoms. The zero-order chi connectivity index (χ0) is 18.3. The van der Waals surface area contributed by atoms with Gasteiger partial charge in [-0.3, -0.25) is 4.99 Å². The number of hydrogen-bond acceptors (Lipinski definition) is 4. The molecule has 2 saturated heterocycles. The Morgan fingerprint density at radius 1 is 1.04 bits per heavy atom. The first kappa shape index (κ1) is 24.9. The summed E-state index contributed by atoms with van der Waals surface area (Å²) in [6.07, 6.45) is 10.0. The van der Waals surface area contributed by atoms with Gasteiger partial charge in [-0.2, -0.15) is 0 Å². The van der Waals surface area contributed by atoms with Crippen molar-refractivity contribution in [3.63, 3.8) is 0 Å². The number of rotatable bonds is 10. The lowest BCUT2D eigenvalue weighted by atomic mass is 10.0. The van der Waals surface area contributed by atoms with Gasteiger partial charge in [-0.25, -0.2) is 0 Å². The average molecular weight is 496 g/mol. The molecule has 7 heteroatoms. The molecule has 0 aliphatic carbocycles.